The number of hydrogen-bond donors (Lipinski definition) is 1. The van der Waals surface area contributed by atoms with Crippen LogP contribution in [0.3, 0.4) is 0 Å². The van der Waals surface area contributed by atoms with Crippen molar-refractivity contribution in [2.45, 2.75) is 6.61 Å². The Hall–Kier alpha value is -2.78. The molecule has 0 saturated carbocycles. The molecule has 0 amide bonds. The molecule has 0 aliphatic carbocycles. The molecule has 24 heavy (non-hydrogen) atoms. The van der Waals surface area contributed by atoms with Crippen LogP contribution in [-0.2, 0) is 6.61 Å². The van der Waals surface area contributed by atoms with E-state index in [0.717, 1.165) is 11.3 Å². The van der Waals surface area contributed by atoms with E-state index < -0.39 is 0 Å². The zero-order valence-corrected chi connectivity index (χ0v) is 13.6. The number of nitrogens with zero attached hydrogens (tertiary/aromatic N) is 1. The van der Waals surface area contributed by atoms with Gasteiger partial charge in [0, 0.05) is 22.9 Å². The highest BCUT2D eigenvalue weighted by Gasteiger charge is 2.02. The van der Waals surface area contributed by atoms with Crippen molar-refractivity contribution >= 4 is 23.5 Å². The van der Waals surface area contributed by atoms with Gasteiger partial charge in [-0.2, -0.15) is 0 Å². The monoisotopic (exact) mass is 337 g/mol. The van der Waals surface area contributed by atoms with Crippen LogP contribution in [0.1, 0.15) is 11.1 Å². The summed E-state index contributed by atoms with van der Waals surface area (Å²) in [6, 6.07) is 22.2. The van der Waals surface area contributed by atoms with Gasteiger partial charge >= 0.3 is 0 Å². The fraction of sp³-hybridized carbons (Fsp3) is 0.0500. The van der Waals surface area contributed by atoms with Crippen LogP contribution < -0.4 is 4.74 Å². The van der Waals surface area contributed by atoms with Gasteiger partial charge < -0.3 is 9.84 Å². The number of hydrogen-bond acceptors (Lipinski definition) is 3. The van der Waals surface area contributed by atoms with Crippen LogP contribution in [0.25, 0.3) is 0 Å². The fourth-order valence-corrected chi connectivity index (χ4v) is 2.26. The minimum Gasteiger partial charge on any atom is -0.507 e. The molecule has 3 rings (SSSR count). The first-order valence-electron chi connectivity index (χ1n) is 7.50. The van der Waals surface area contributed by atoms with Crippen molar-refractivity contribution in [3.05, 3.63) is 88.9 Å². The predicted molar refractivity (Wildman–Crippen MR) is 97.6 cm³/mol. The van der Waals surface area contributed by atoms with Crippen LogP contribution in [0.5, 0.6) is 11.5 Å². The number of benzene rings is 3. The predicted octanol–water partition coefficient (Wildman–Crippen LogP) is 5.38. The van der Waals surface area contributed by atoms with Crippen LogP contribution in [0.15, 0.2) is 77.8 Å². The third-order valence-corrected chi connectivity index (χ3v) is 3.68. The lowest BCUT2D eigenvalue weighted by atomic mass is 10.2. The highest BCUT2D eigenvalue weighted by Crippen LogP contribution is 2.24. The standard InChI is InChI=1S/C20H16ClNO2/c21-17-7-9-18(10-8-17)22-13-16-6-11-19(12-20(16)23)24-14-15-4-2-1-3-5-15/h1-13,23H,14H2. The average molecular weight is 338 g/mol. The largest absolute Gasteiger partial charge is 0.507 e. The van der Waals surface area contributed by atoms with Crippen molar-refractivity contribution in [3.63, 3.8) is 0 Å². The van der Waals surface area contributed by atoms with Gasteiger partial charge in [-0.05, 0) is 42.0 Å². The maximum atomic E-state index is 10.1. The molecule has 0 radical (unpaired) electrons. The molecule has 3 aromatic carbocycles. The zero-order chi connectivity index (χ0) is 16.8. The SMILES string of the molecule is Oc1cc(OCc2ccccc2)ccc1C=Nc1ccc(Cl)cc1. The van der Waals surface area contributed by atoms with Crippen molar-refractivity contribution in [1.82, 2.24) is 0 Å². The van der Waals surface area contributed by atoms with Gasteiger partial charge in [0.15, 0.2) is 0 Å². The number of phenolic OH excluding ortho intramolecular Hbond substituents is 1. The van der Waals surface area contributed by atoms with Crippen molar-refractivity contribution in [1.29, 1.82) is 0 Å². The van der Waals surface area contributed by atoms with Crippen LogP contribution in [-0.4, -0.2) is 11.3 Å². The lowest BCUT2D eigenvalue weighted by molar-refractivity contribution is 0.304. The van der Waals surface area contributed by atoms with Gasteiger partial charge in [0.05, 0.1) is 5.69 Å². The van der Waals surface area contributed by atoms with E-state index in [1.54, 1.807) is 30.5 Å². The van der Waals surface area contributed by atoms with Crippen molar-refractivity contribution < 1.29 is 9.84 Å². The highest BCUT2D eigenvalue weighted by atomic mass is 35.5. The molecule has 0 spiro atoms. The second kappa shape index (κ2) is 7.66. The van der Waals surface area contributed by atoms with E-state index in [2.05, 4.69) is 4.99 Å². The smallest absolute Gasteiger partial charge is 0.128 e. The second-order valence-electron chi connectivity index (χ2n) is 5.23. The van der Waals surface area contributed by atoms with Gasteiger partial charge in [0.25, 0.3) is 0 Å². The Morgan fingerprint density at radius 1 is 0.958 bits per heavy atom. The molecule has 0 aliphatic heterocycles. The molecule has 1 N–H and O–H groups in total. The third-order valence-electron chi connectivity index (χ3n) is 3.43. The molecule has 0 unspecified atom stereocenters. The summed E-state index contributed by atoms with van der Waals surface area (Å²) in [5.74, 6) is 0.735. The summed E-state index contributed by atoms with van der Waals surface area (Å²) in [6.45, 7) is 0.457. The molecule has 3 nitrogen and oxygen atoms in total. The number of aromatic hydroxyl groups is 1. The van der Waals surface area contributed by atoms with Gasteiger partial charge in [-0.15, -0.1) is 0 Å². The van der Waals surface area contributed by atoms with E-state index in [9.17, 15) is 5.11 Å². The van der Waals surface area contributed by atoms with Crippen molar-refractivity contribution in [2.24, 2.45) is 4.99 Å². The normalized spacial score (nSPS) is 10.9. The molecule has 0 atom stereocenters. The molecule has 0 saturated heterocycles. The number of rotatable bonds is 5. The Balaban J connectivity index is 1.67. The second-order valence-corrected chi connectivity index (χ2v) is 5.67. The lowest BCUT2D eigenvalue weighted by Crippen LogP contribution is -1.95. The molecule has 0 bridgehead atoms. The summed E-state index contributed by atoms with van der Waals surface area (Å²) in [5, 5.41) is 10.8. The first kappa shape index (κ1) is 16.1. The third kappa shape index (κ3) is 4.37. The van der Waals surface area contributed by atoms with Gasteiger partial charge in [-0.25, -0.2) is 0 Å². The van der Waals surface area contributed by atoms with Crippen LogP contribution in [0.2, 0.25) is 5.02 Å². The Kier molecular flexibility index (Phi) is 5.14. The molecule has 3 aromatic rings. The summed E-state index contributed by atoms with van der Waals surface area (Å²) < 4.78 is 5.68. The summed E-state index contributed by atoms with van der Waals surface area (Å²) in [5.41, 5.74) is 2.46. The number of halogens is 1. The Morgan fingerprint density at radius 3 is 2.42 bits per heavy atom. The van der Waals surface area contributed by atoms with Crippen molar-refractivity contribution in [2.75, 3.05) is 0 Å². The zero-order valence-electron chi connectivity index (χ0n) is 12.9. The van der Waals surface area contributed by atoms with Crippen LogP contribution in [0, 0.1) is 0 Å². The van der Waals surface area contributed by atoms with E-state index in [-0.39, 0.29) is 5.75 Å². The Bertz CT molecular complexity index is 830. The lowest BCUT2D eigenvalue weighted by Gasteiger charge is -2.07. The van der Waals surface area contributed by atoms with Crippen LogP contribution >= 0.6 is 11.6 Å². The number of aliphatic imine (C=N–C) groups is 1. The molecular weight excluding hydrogens is 322 g/mol. The van der Waals surface area contributed by atoms with E-state index in [4.69, 9.17) is 16.3 Å². The highest BCUT2D eigenvalue weighted by molar-refractivity contribution is 6.30. The summed E-state index contributed by atoms with van der Waals surface area (Å²) in [4.78, 5) is 4.32. The first-order valence-corrected chi connectivity index (χ1v) is 7.88. The summed E-state index contributed by atoms with van der Waals surface area (Å²) in [6.07, 6.45) is 1.61. The van der Waals surface area contributed by atoms with Crippen LogP contribution in [0.4, 0.5) is 5.69 Å². The average Bonchev–Trinajstić information content (AvgIpc) is 2.61. The quantitative estimate of drug-likeness (QED) is 0.635. The van der Waals surface area contributed by atoms with E-state index in [0.29, 0.717) is 22.9 Å². The van der Waals surface area contributed by atoms with Gasteiger partial charge in [-0.3, -0.25) is 4.99 Å². The van der Waals surface area contributed by atoms with Gasteiger partial charge in [0.1, 0.15) is 18.1 Å². The molecule has 120 valence electrons. The van der Waals surface area contributed by atoms with E-state index in [1.165, 1.54) is 0 Å². The van der Waals surface area contributed by atoms with Crippen molar-refractivity contribution in [3.8, 4) is 11.5 Å². The Labute approximate surface area is 145 Å². The minimum atomic E-state index is 0.123. The minimum absolute atomic E-state index is 0.123. The molecular formula is C20H16ClNO2. The summed E-state index contributed by atoms with van der Waals surface area (Å²) in [7, 11) is 0. The summed E-state index contributed by atoms with van der Waals surface area (Å²) >= 11 is 5.84. The number of ether oxygens (including phenoxy) is 1. The Morgan fingerprint density at radius 2 is 1.71 bits per heavy atom. The van der Waals surface area contributed by atoms with Gasteiger partial charge in [0.2, 0.25) is 0 Å². The fourth-order valence-electron chi connectivity index (χ4n) is 2.13. The molecule has 0 aromatic heterocycles. The van der Waals surface area contributed by atoms with E-state index in [1.807, 2.05) is 48.5 Å². The topological polar surface area (TPSA) is 41.8 Å². The van der Waals surface area contributed by atoms with Gasteiger partial charge in [-0.1, -0.05) is 41.9 Å². The molecule has 0 aliphatic rings. The van der Waals surface area contributed by atoms with E-state index >= 15 is 0 Å². The molecule has 0 fully saturated rings. The maximum Gasteiger partial charge on any atom is 0.128 e. The first-order chi connectivity index (χ1) is 11.7. The number of phenols is 1. The molecule has 4 heteroatoms. The molecule has 0 heterocycles. The maximum absolute atomic E-state index is 10.1.